The maximum Gasteiger partial charge on any atom is 0.252 e. The summed E-state index contributed by atoms with van der Waals surface area (Å²) in [4.78, 5) is 13.3. The lowest BCUT2D eigenvalue weighted by molar-refractivity contribution is -0.256. The zero-order valence-corrected chi connectivity index (χ0v) is 19.9. The predicted octanol–water partition coefficient (Wildman–Crippen LogP) is 4.35. The van der Waals surface area contributed by atoms with E-state index in [9.17, 15) is 4.79 Å². The first-order valence-electron chi connectivity index (χ1n) is 12.3. The van der Waals surface area contributed by atoms with Gasteiger partial charge in [-0.05, 0) is 31.7 Å². The minimum atomic E-state index is -0.760. The minimum absolute atomic E-state index is 0.00357. The number of likely N-dealkylation sites (N-methyl/N-ethyl adjacent to an activating group) is 1. The summed E-state index contributed by atoms with van der Waals surface area (Å²) in [5, 5.41) is 11.0. The first kappa shape index (κ1) is 19.9. The summed E-state index contributed by atoms with van der Waals surface area (Å²) in [6.45, 7) is 2.68. The summed E-state index contributed by atoms with van der Waals surface area (Å²) in [6.07, 6.45) is 0.337. The number of nitrogens with one attached hydrogen (secondary N) is 2. The van der Waals surface area contributed by atoms with Crippen LogP contribution in [0.1, 0.15) is 35.5 Å². The van der Waals surface area contributed by atoms with Crippen molar-refractivity contribution in [3.63, 3.8) is 0 Å². The standard InChI is InChI=1S/C28H26N4O3/c1-28-26(34-3)17(29-2)12-20(35-28)31-18-10-6-4-8-14(18)22-23-16(13-30-27(23)33)21-15-9-5-7-11-19(15)32(28)25(21)24(22)31/h4-11,17,20,26,29H,12-13H2,1-3H3,(H,30,33)/t17-,20+,26+,28-/m0/s1. The van der Waals surface area contributed by atoms with Crippen molar-refractivity contribution in [3.8, 4) is 0 Å². The summed E-state index contributed by atoms with van der Waals surface area (Å²) >= 11 is 0. The van der Waals surface area contributed by atoms with Crippen LogP contribution in [0.15, 0.2) is 48.5 Å². The Morgan fingerprint density at radius 3 is 2.51 bits per heavy atom. The molecule has 0 radical (unpaired) electrons. The number of benzene rings is 3. The van der Waals surface area contributed by atoms with Crippen LogP contribution in [-0.4, -0.2) is 41.3 Å². The number of amides is 1. The van der Waals surface area contributed by atoms with Gasteiger partial charge in [0.25, 0.3) is 5.91 Å². The SMILES string of the molecule is CN[C@H]1C[C@H]2O[C@@](C)([C@@H]1OC)n1c3ccccc3c3c4c(c5c6ccccc6n2c5c31)C(=O)NC4. The number of carbonyl (C=O) groups is 1. The third-order valence-electron chi connectivity index (χ3n) is 8.60. The molecule has 7 nitrogen and oxygen atoms in total. The highest BCUT2D eigenvalue weighted by molar-refractivity contribution is 6.31. The lowest BCUT2D eigenvalue weighted by atomic mass is 9.93. The van der Waals surface area contributed by atoms with Gasteiger partial charge in [-0.1, -0.05) is 36.4 Å². The Morgan fingerprint density at radius 2 is 1.77 bits per heavy atom. The Labute approximate surface area is 201 Å². The third kappa shape index (κ3) is 2.12. The first-order valence-corrected chi connectivity index (χ1v) is 12.3. The van der Waals surface area contributed by atoms with E-state index in [1.165, 1.54) is 0 Å². The fourth-order valence-electron chi connectivity index (χ4n) is 7.33. The van der Waals surface area contributed by atoms with E-state index < -0.39 is 5.72 Å². The van der Waals surface area contributed by atoms with Gasteiger partial charge in [0.2, 0.25) is 0 Å². The van der Waals surface area contributed by atoms with E-state index in [0.29, 0.717) is 6.54 Å². The molecule has 3 aliphatic heterocycles. The molecule has 1 saturated heterocycles. The van der Waals surface area contributed by atoms with E-state index in [1.54, 1.807) is 7.11 Å². The van der Waals surface area contributed by atoms with Crippen molar-refractivity contribution in [2.45, 2.75) is 44.0 Å². The van der Waals surface area contributed by atoms with E-state index in [0.717, 1.165) is 61.2 Å². The van der Waals surface area contributed by atoms with Crippen LogP contribution in [0.5, 0.6) is 0 Å². The molecule has 2 N–H and O–H groups in total. The van der Waals surface area contributed by atoms with Gasteiger partial charge < -0.3 is 29.2 Å². The normalized spacial score (nSPS) is 27.3. The number of para-hydroxylation sites is 2. The van der Waals surface area contributed by atoms with E-state index in [1.807, 2.05) is 7.05 Å². The van der Waals surface area contributed by atoms with Crippen LogP contribution < -0.4 is 10.6 Å². The van der Waals surface area contributed by atoms with Gasteiger partial charge in [-0.2, -0.15) is 0 Å². The van der Waals surface area contributed by atoms with Crippen molar-refractivity contribution in [3.05, 3.63) is 59.7 Å². The van der Waals surface area contributed by atoms with Crippen LogP contribution in [0.25, 0.3) is 43.6 Å². The number of rotatable bonds is 2. The molecule has 1 fully saturated rings. The topological polar surface area (TPSA) is 69.5 Å². The summed E-state index contributed by atoms with van der Waals surface area (Å²) in [7, 11) is 3.77. The van der Waals surface area contributed by atoms with Crippen molar-refractivity contribution >= 4 is 49.5 Å². The highest BCUT2D eigenvalue weighted by Gasteiger charge is 2.53. The molecule has 7 heteroatoms. The number of fused-ring (bicyclic) bond motifs is 13. The molecule has 5 aromatic rings. The molecule has 1 amide bonds. The fourth-order valence-corrected chi connectivity index (χ4v) is 7.33. The van der Waals surface area contributed by atoms with Gasteiger partial charge in [-0.25, -0.2) is 0 Å². The van der Waals surface area contributed by atoms with Crippen LogP contribution >= 0.6 is 0 Å². The highest BCUT2D eigenvalue weighted by Crippen LogP contribution is 2.53. The van der Waals surface area contributed by atoms with Crippen molar-refractivity contribution in [1.29, 1.82) is 0 Å². The summed E-state index contributed by atoms with van der Waals surface area (Å²) in [5.41, 5.74) is 5.51. The van der Waals surface area contributed by atoms with Gasteiger partial charge in [-0.3, -0.25) is 4.79 Å². The average molecular weight is 467 g/mol. The van der Waals surface area contributed by atoms with E-state index in [4.69, 9.17) is 9.47 Å². The fraction of sp³-hybridized carbons (Fsp3) is 0.321. The number of methoxy groups -OCH3 is 1. The molecule has 5 heterocycles. The van der Waals surface area contributed by atoms with Crippen molar-refractivity contribution < 1.29 is 14.3 Å². The maximum absolute atomic E-state index is 13.3. The molecule has 3 aromatic carbocycles. The molecule has 176 valence electrons. The third-order valence-corrected chi connectivity index (χ3v) is 8.60. The van der Waals surface area contributed by atoms with Gasteiger partial charge in [0.15, 0.2) is 5.72 Å². The second-order valence-electron chi connectivity index (χ2n) is 10.1. The molecule has 2 aromatic heterocycles. The molecular formula is C28H26N4O3. The van der Waals surface area contributed by atoms with Gasteiger partial charge in [-0.15, -0.1) is 0 Å². The Morgan fingerprint density at radius 1 is 1.06 bits per heavy atom. The predicted molar refractivity (Wildman–Crippen MR) is 136 cm³/mol. The number of nitrogens with zero attached hydrogens (tertiary/aromatic N) is 2. The van der Waals surface area contributed by atoms with Gasteiger partial charge in [0.05, 0.1) is 27.6 Å². The van der Waals surface area contributed by atoms with Crippen molar-refractivity contribution in [2.75, 3.05) is 14.2 Å². The summed E-state index contributed by atoms with van der Waals surface area (Å²) in [5.74, 6) is 0.00357. The van der Waals surface area contributed by atoms with E-state index in [2.05, 4.69) is 75.2 Å². The summed E-state index contributed by atoms with van der Waals surface area (Å²) in [6, 6.07) is 17.0. The molecule has 2 bridgehead atoms. The molecule has 0 unspecified atom stereocenters. The zero-order chi connectivity index (χ0) is 23.6. The van der Waals surface area contributed by atoms with Crippen LogP contribution in [0.2, 0.25) is 0 Å². The first-order chi connectivity index (χ1) is 17.1. The zero-order valence-electron chi connectivity index (χ0n) is 19.9. The van der Waals surface area contributed by atoms with Crippen LogP contribution in [-0.2, 0) is 21.7 Å². The molecular weight excluding hydrogens is 440 g/mol. The van der Waals surface area contributed by atoms with Crippen LogP contribution in [0, 0.1) is 0 Å². The Kier molecular flexibility index (Phi) is 3.65. The largest absolute Gasteiger partial charge is 0.375 e. The van der Waals surface area contributed by atoms with E-state index >= 15 is 0 Å². The monoisotopic (exact) mass is 466 g/mol. The molecule has 0 spiro atoms. The number of aromatic nitrogens is 2. The van der Waals surface area contributed by atoms with Gasteiger partial charge >= 0.3 is 0 Å². The molecule has 0 aliphatic carbocycles. The Balaban J connectivity index is 1.72. The second kappa shape index (κ2) is 6.43. The van der Waals surface area contributed by atoms with Gasteiger partial charge in [0.1, 0.15) is 12.3 Å². The molecule has 0 saturated carbocycles. The number of ether oxygens (including phenoxy) is 2. The second-order valence-corrected chi connectivity index (χ2v) is 10.1. The summed E-state index contributed by atoms with van der Waals surface area (Å²) < 4.78 is 18.0. The van der Waals surface area contributed by atoms with E-state index in [-0.39, 0.29) is 24.3 Å². The number of hydrogen-bond donors (Lipinski definition) is 2. The minimum Gasteiger partial charge on any atom is -0.375 e. The lowest BCUT2D eigenvalue weighted by Crippen LogP contribution is -2.59. The number of carbonyl (C=O) groups excluding carboxylic acids is 1. The lowest BCUT2D eigenvalue weighted by Gasteiger charge is -2.48. The number of hydrogen-bond acceptors (Lipinski definition) is 4. The average Bonchev–Trinajstić information content (AvgIpc) is 3.51. The quantitative estimate of drug-likeness (QED) is 0.406. The van der Waals surface area contributed by atoms with Crippen molar-refractivity contribution in [1.82, 2.24) is 19.8 Å². The Bertz CT molecular complexity index is 1750. The Hall–Kier alpha value is -3.39. The maximum atomic E-state index is 13.3. The van der Waals surface area contributed by atoms with Crippen LogP contribution in [0.3, 0.4) is 0 Å². The molecule has 3 aliphatic rings. The van der Waals surface area contributed by atoms with Crippen LogP contribution in [0.4, 0.5) is 0 Å². The smallest absolute Gasteiger partial charge is 0.252 e. The van der Waals surface area contributed by atoms with Gasteiger partial charge in [0, 0.05) is 47.7 Å². The molecule has 35 heavy (non-hydrogen) atoms. The highest BCUT2D eigenvalue weighted by atomic mass is 16.6. The molecule has 8 rings (SSSR count). The molecule has 4 atom stereocenters. The van der Waals surface area contributed by atoms with Crippen molar-refractivity contribution in [2.24, 2.45) is 0 Å².